The molecule has 2 rings (SSSR count). The minimum Gasteiger partial charge on any atom is -0.479 e. The molecule has 0 radical (unpaired) electrons. The van der Waals surface area contributed by atoms with E-state index in [0.29, 0.717) is 23.9 Å². The lowest BCUT2D eigenvalue weighted by molar-refractivity contribution is -0.160. The topological polar surface area (TPSA) is 89.0 Å². The number of amides is 1. The smallest absolute Gasteiger partial charge is 0.334 e. The first kappa shape index (κ1) is 14.9. The van der Waals surface area contributed by atoms with Gasteiger partial charge in [-0.1, -0.05) is 0 Å². The molecule has 1 aliphatic rings. The monoisotopic (exact) mass is 300 g/mol. The van der Waals surface area contributed by atoms with E-state index in [4.69, 9.17) is 14.6 Å². The Labute approximate surface area is 120 Å². The molecule has 1 amide bonds. The Balaban J connectivity index is 2.08. The standard InChI is InChI=1S/C12H16N2O5S/c1-7-3-14(4-9(19-7)12(16)17)11(15)8-6-20-10(13-8)5-18-2/h6-7,9H,3-5H2,1-2H3,(H,16,17)/t7-,9?/m1/s1. The van der Waals surface area contributed by atoms with Crippen molar-refractivity contribution in [1.29, 1.82) is 0 Å². The third-order valence-electron chi connectivity index (χ3n) is 2.86. The Kier molecular flexibility index (Phi) is 4.69. The number of carbonyl (C=O) groups excluding carboxylic acids is 1. The Morgan fingerprint density at radius 3 is 3.00 bits per heavy atom. The summed E-state index contributed by atoms with van der Waals surface area (Å²) in [6, 6.07) is 0. The van der Waals surface area contributed by atoms with E-state index in [9.17, 15) is 9.59 Å². The summed E-state index contributed by atoms with van der Waals surface area (Å²) in [4.78, 5) is 29.0. The van der Waals surface area contributed by atoms with Crippen molar-refractivity contribution in [2.75, 3.05) is 20.2 Å². The third-order valence-corrected chi connectivity index (χ3v) is 3.68. The van der Waals surface area contributed by atoms with Gasteiger partial charge in [0.2, 0.25) is 0 Å². The van der Waals surface area contributed by atoms with Crippen molar-refractivity contribution in [1.82, 2.24) is 9.88 Å². The van der Waals surface area contributed by atoms with Gasteiger partial charge in [-0.3, -0.25) is 4.79 Å². The maximum atomic E-state index is 12.3. The Morgan fingerprint density at radius 2 is 2.35 bits per heavy atom. The Bertz CT molecular complexity index is 504. The van der Waals surface area contributed by atoms with Gasteiger partial charge in [-0.15, -0.1) is 11.3 Å². The lowest BCUT2D eigenvalue weighted by Crippen LogP contribution is -2.51. The number of aliphatic carboxylic acids is 1. The van der Waals surface area contributed by atoms with Crippen molar-refractivity contribution in [3.8, 4) is 0 Å². The fraction of sp³-hybridized carbons (Fsp3) is 0.583. The predicted octanol–water partition coefficient (Wildman–Crippen LogP) is 0.604. The zero-order valence-electron chi connectivity index (χ0n) is 11.2. The Hall–Kier alpha value is -1.51. The molecule has 8 heteroatoms. The number of hydrogen-bond donors (Lipinski definition) is 1. The first-order valence-electron chi connectivity index (χ1n) is 6.12. The summed E-state index contributed by atoms with van der Waals surface area (Å²) in [5.74, 6) is -1.34. The van der Waals surface area contributed by atoms with Gasteiger partial charge >= 0.3 is 5.97 Å². The van der Waals surface area contributed by atoms with Crippen molar-refractivity contribution in [2.24, 2.45) is 0 Å². The summed E-state index contributed by atoms with van der Waals surface area (Å²) >= 11 is 1.34. The van der Waals surface area contributed by atoms with Crippen LogP contribution >= 0.6 is 11.3 Å². The van der Waals surface area contributed by atoms with Gasteiger partial charge in [0, 0.05) is 19.0 Å². The van der Waals surface area contributed by atoms with Crippen LogP contribution in [0.5, 0.6) is 0 Å². The normalized spacial score (nSPS) is 22.8. The van der Waals surface area contributed by atoms with Crippen LogP contribution < -0.4 is 0 Å². The van der Waals surface area contributed by atoms with Crippen molar-refractivity contribution < 1.29 is 24.2 Å². The predicted molar refractivity (Wildman–Crippen MR) is 70.7 cm³/mol. The van der Waals surface area contributed by atoms with E-state index in [-0.39, 0.29) is 18.6 Å². The third kappa shape index (κ3) is 3.33. The molecular weight excluding hydrogens is 284 g/mol. The maximum absolute atomic E-state index is 12.3. The average molecular weight is 300 g/mol. The Morgan fingerprint density at radius 1 is 1.60 bits per heavy atom. The molecule has 2 heterocycles. The molecule has 7 nitrogen and oxygen atoms in total. The van der Waals surface area contributed by atoms with Gasteiger partial charge in [-0.25, -0.2) is 9.78 Å². The SMILES string of the molecule is COCc1nc(C(=O)N2CC(C(=O)O)O[C@H](C)C2)cs1. The van der Waals surface area contributed by atoms with E-state index in [1.165, 1.54) is 16.2 Å². The summed E-state index contributed by atoms with van der Waals surface area (Å²) in [5.41, 5.74) is 0.320. The number of carboxylic acids is 1. The van der Waals surface area contributed by atoms with Crippen molar-refractivity contribution >= 4 is 23.2 Å². The molecule has 0 aromatic carbocycles. The number of carbonyl (C=O) groups is 2. The molecule has 2 atom stereocenters. The first-order valence-corrected chi connectivity index (χ1v) is 7.00. The van der Waals surface area contributed by atoms with Gasteiger partial charge < -0.3 is 19.5 Å². The number of hydrogen-bond acceptors (Lipinski definition) is 6. The summed E-state index contributed by atoms with van der Waals surface area (Å²) in [6.45, 7) is 2.50. The van der Waals surface area contributed by atoms with Crippen LogP contribution in [0.1, 0.15) is 22.4 Å². The van der Waals surface area contributed by atoms with E-state index in [1.807, 2.05) is 0 Å². The van der Waals surface area contributed by atoms with E-state index in [2.05, 4.69) is 4.98 Å². The van der Waals surface area contributed by atoms with Gasteiger partial charge in [0.25, 0.3) is 5.91 Å². The second-order valence-electron chi connectivity index (χ2n) is 4.54. The number of rotatable bonds is 4. The van der Waals surface area contributed by atoms with Crippen LogP contribution in [0.15, 0.2) is 5.38 Å². The first-order chi connectivity index (χ1) is 9.51. The second-order valence-corrected chi connectivity index (χ2v) is 5.49. The number of morpholine rings is 1. The molecule has 1 fully saturated rings. The highest BCUT2D eigenvalue weighted by Gasteiger charge is 2.33. The minimum absolute atomic E-state index is 0.0373. The zero-order chi connectivity index (χ0) is 14.7. The molecule has 1 aliphatic heterocycles. The molecule has 0 spiro atoms. The molecule has 20 heavy (non-hydrogen) atoms. The molecule has 1 unspecified atom stereocenters. The highest BCUT2D eigenvalue weighted by atomic mass is 32.1. The van der Waals surface area contributed by atoms with Gasteiger partial charge in [0.05, 0.1) is 19.3 Å². The number of thiazole rings is 1. The van der Waals surface area contributed by atoms with Gasteiger partial charge in [-0.05, 0) is 6.92 Å². The van der Waals surface area contributed by atoms with Crippen LogP contribution in [-0.4, -0.2) is 59.3 Å². The lowest BCUT2D eigenvalue weighted by atomic mass is 10.2. The van der Waals surface area contributed by atoms with Gasteiger partial charge in [-0.2, -0.15) is 0 Å². The fourth-order valence-corrected chi connectivity index (χ4v) is 2.75. The van der Waals surface area contributed by atoms with Crippen LogP contribution in [-0.2, 0) is 20.9 Å². The zero-order valence-corrected chi connectivity index (χ0v) is 12.1. The molecule has 1 saturated heterocycles. The lowest BCUT2D eigenvalue weighted by Gasteiger charge is -2.34. The second kappa shape index (κ2) is 6.29. The molecule has 1 aromatic rings. The molecule has 1 aromatic heterocycles. The van der Waals surface area contributed by atoms with Crippen LogP contribution in [0.3, 0.4) is 0 Å². The molecule has 110 valence electrons. The van der Waals surface area contributed by atoms with Crippen LogP contribution in [0, 0.1) is 0 Å². The highest BCUT2D eigenvalue weighted by molar-refractivity contribution is 7.09. The molecule has 0 bridgehead atoms. The van der Waals surface area contributed by atoms with Crippen LogP contribution in [0.4, 0.5) is 0 Å². The minimum atomic E-state index is -1.06. The van der Waals surface area contributed by atoms with E-state index < -0.39 is 12.1 Å². The molecule has 1 N–H and O–H groups in total. The van der Waals surface area contributed by atoms with E-state index in [0.717, 1.165) is 0 Å². The van der Waals surface area contributed by atoms with Gasteiger partial charge in [0.15, 0.2) is 6.10 Å². The summed E-state index contributed by atoms with van der Waals surface area (Å²) in [5, 5.41) is 11.4. The maximum Gasteiger partial charge on any atom is 0.334 e. The van der Waals surface area contributed by atoms with Crippen LogP contribution in [0.2, 0.25) is 0 Å². The summed E-state index contributed by atoms with van der Waals surface area (Å²) < 4.78 is 10.2. The van der Waals surface area contributed by atoms with Crippen LogP contribution in [0.25, 0.3) is 0 Å². The van der Waals surface area contributed by atoms with Crippen molar-refractivity contribution in [3.05, 3.63) is 16.1 Å². The average Bonchev–Trinajstić information content (AvgIpc) is 2.86. The molecular formula is C12H16N2O5S. The highest BCUT2D eigenvalue weighted by Crippen LogP contribution is 2.17. The number of nitrogens with zero attached hydrogens (tertiary/aromatic N) is 2. The number of carboxylic acid groups (broad SMARTS) is 1. The molecule has 0 aliphatic carbocycles. The number of ether oxygens (including phenoxy) is 2. The van der Waals surface area contributed by atoms with Crippen molar-refractivity contribution in [3.63, 3.8) is 0 Å². The number of methoxy groups -OCH3 is 1. The van der Waals surface area contributed by atoms with Gasteiger partial charge in [0.1, 0.15) is 10.7 Å². The van der Waals surface area contributed by atoms with E-state index in [1.54, 1.807) is 19.4 Å². The summed E-state index contributed by atoms with van der Waals surface area (Å²) in [6.07, 6.45) is -1.30. The van der Waals surface area contributed by atoms with E-state index >= 15 is 0 Å². The molecule has 0 saturated carbocycles. The quantitative estimate of drug-likeness (QED) is 0.876. The fourth-order valence-electron chi connectivity index (χ4n) is 2.01. The summed E-state index contributed by atoms with van der Waals surface area (Å²) in [7, 11) is 1.56. The number of aromatic nitrogens is 1. The van der Waals surface area contributed by atoms with Crippen molar-refractivity contribution in [2.45, 2.75) is 25.7 Å². The largest absolute Gasteiger partial charge is 0.479 e.